The van der Waals surface area contributed by atoms with Crippen LogP contribution in [0.5, 0.6) is 17.2 Å². The quantitative estimate of drug-likeness (QED) is 0.848. The molecule has 2 N–H and O–H groups in total. The van der Waals surface area contributed by atoms with E-state index in [2.05, 4.69) is 0 Å². The first-order chi connectivity index (χ1) is 9.01. The van der Waals surface area contributed by atoms with Gasteiger partial charge >= 0.3 is 0 Å². The van der Waals surface area contributed by atoms with Crippen molar-refractivity contribution in [3.05, 3.63) is 46.2 Å². The van der Waals surface area contributed by atoms with Crippen molar-refractivity contribution in [2.45, 2.75) is 0 Å². The molecule has 19 heavy (non-hydrogen) atoms. The van der Waals surface area contributed by atoms with Crippen LogP contribution < -0.4 is 15.2 Å². The number of nitrogens with two attached hydrogens (primary N) is 1. The van der Waals surface area contributed by atoms with E-state index in [9.17, 15) is 4.39 Å². The molecule has 0 unspecified atom stereocenters. The zero-order chi connectivity index (χ0) is 14.0. The second-order valence-corrected chi connectivity index (χ2v) is 4.55. The Morgan fingerprint density at radius 3 is 2.47 bits per heavy atom. The van der Waals surface area contributed by atoms with Crippen LogP contribution in [0, 0.1) is 5.82 Å². The predicted molar refractivity (Wildman–Crippen MR) is 73.9 cm³/mol. The van der Waals surface area contributed by atoms with Gasteiger partial charge in [-0.2, -0.15) is 0 Å². The molecule has 0 aromatic heterocycles. The number of methoxy groups -OCH3 is 1. The molecule has 0 atom stereocenters. The Bertz CT molecular complexity index is 620. The molecule has 3 nitrogen and oxygen atoms in total. The van der Waals surface area contributed by atoms with E-state index < -0.39 is 5.82 Å². The van der Waals surface area contributed by atoms with E-state index in [1.807, 2.05) is 0 Å². The van der Waals surface area contributed by atoms with Crippen LogP contribution in [-0.2, 0) is 0 Å². The minimum atomic E-state index is -0.616. The first kappa shape index (κ1) is 13.8. The summed E-state index contributed by atoms with van der Waals surface area (Å²) >= 11 is 11.8. The maximum absolute atomic E-state index is 13.7. The summed E-state index contributed by atoms with van der Waals surface area (Å²) < 4.78 is 24.1. The Morgan fingerprint density at radius 2 is 1.79 bits per heavy atom. The van der Waals surface area contributed by atoms with Crippen LogP contribution in [-0.4, -0.2) is 7.11 Å². The number of anilines is 1. The van der Waals surface area contributed by atoms with Crippen molar-refractivity contribution in [3.8, 4) is 17.2 Å². The van der Waals surface area contributed by atoms with Gasteiger partial charge in [-0.15, -0.1) is 0 Å². The third-order valence-corrected chi connectivity index (χ3v) is 2.94. The molecule has 0 fully saturated rings. The molecule has 2 aromatic rings. The van der Waals surface area contributed by atoms with Crippen LogP contribution in [0.15, 0.2) is 30.3 Å². The molecule has 0 heterocycles. The van der Waals surface area contributed by atoms with E-state index in [4.69, 9.17) is 38.4 Å². The average molecular weight is 302 g/mol. The Morgan fingerprint density at radius 1 is 1.05 bits per heavy atom. The molecule has 6 heteroatoms. The van der Waals surface area contributed by atoms with Crippen molar-refractivity contribution in [3.63, 3.8) is 0 Å². The van der Waals surface area contributed by atoms with Gasteiger partial charge in [-0.3, -0.25) is 0 Å². The monoisotopic (exact) mass is 301 g/mol. The fraction of sp³-hybridized carbons (Fsp3) is 0.0769. The second kappa shape index (κ2) is 5.55. The highest BCUT2D eigenvalue weighted by molar-refractivity contribution is 6.34. The maximum Gasteiger partial charge on any atom is 0.168 e. The lowest BCUT2D eigenvalue weighted by Gasteiger charge is -2.11. The summed E-state index contributed by atoms with van der Waals surface area (Å²) in [6, 6.07) is 7.13. The van der Waals surface area contributed by atoms with Gasteiger partial charge in [0, 0.05) is 23.2 Å². The smallest absolute Gasteiger partial charge is 0.168 e. The number of hydrogen-bond donors (Lipinski definition) is 1. The van der Waals surface area contributed by atoms with E-state index in [0.717, 1.165) is 6.07 Å². The van der Waals surface area contributed by atoms with Crippen LogP contribution in [0.4, 0.5) is 10.1 Å². The van der Waals surface area contributed by atoms with Gasteiger partial charge in [0.25, 0.3) is 0 Å². The lowest BCUT2D eigenvalue weighted by molar-refractivity contribution is 0.403. The first-order valence-corrected chi connectivity index (χ1v) is 6.02. The number of nitrogen functional groups attached to an aromatic ring is 1. The van der Waals surface area contributed by atoms with Gasteiger partial charge in [0.05, 0.1) is 17.8 Å². The molecule has 0 radical (unpaired) electrons. The summed E-state index contributed by atoms with van der Waals surface area (Å²) in [5.41, 5.74) is 5.77. The average Bonchev–Trinajstić information content (AvgIpc) is 2.37. The Hall–Kier alpha value is -1.65. The van der Waals surface area contributed by atoms with Gasteiger partial charge in [0.1, 0.15) is 11.5 Å². The van der Waals surface area contributed by atoms with Gasteiger partial charge in [-0.1, -0.05) is 23.2 Å². The van der Waals surface area contributed by atoms with E-state index in [1.165, 1.54) is 19.2 Å². The van der Waals surface area contributed by atoms with Crippen molar-refractivity contribution in [1.29, 1.82) is 0 Å². The molecular weight excluding hydrogens is 292 g/mol. The number of ether oxygens (including phenoxy) is 2. The highest BCUT2D eigenvalue weighted by Gasteiger charge is 2.12. The largest absolute Gasteiger partial charge is 0.494 e. The maximum atomic E-state index is 13.7. The number of hydrogen-bond acceptors (Lipinski definition) is 3. The zero-order valence-corrected chi connectivity index (χ0v) is 11.4. The van der Waals surface area contributed by atoms with E-state index in [0.29, 0.717) is 15.8 Å². The lowest BCUT2D eigenvalue weighted by atomic mass is 10.2. The Kier molecular flexibility index (Phi) is 4.02. The van der Waals surface area contributed by atoms with Gasteiger partial charge in [0.15, 0.2) is 11.6 Å². The minimum absolute atomic E-state index is 0.0461. The van der Waals surface area contributed by atoms with Crippen molar-refractivity contribution in [1.82, 2.24) is 0 Å². The molecule has 0 saturated heterocycles. The Labute approximate surface area is 119 Å². The molecule has 0 aliphatic carbocycles. The number of benzene rings is 2. The summed E-state index contributed by atoms with van der Waals surface area (Å²) in [5.74, 6) is -0.0981. The minimum Gasteiger partial charge on any atom is -0.494 e. The summed E-state index contributed by atoms with van der Waals surface area (Å²) in [5, 5.41) is 0.752. The SMILES string of the molecule is COc1cc(Oc2cc(Cl)ccc2Cl)c(F)cc1N. The standard InChI is InChI=1S/C13H10Cl2FNO2/c1-18-13-6-12(9(16)5-10(13)17)19-11-4-7(14)2-3-8(11)15/h2-6H,17H2,1H3. The first-order valence-electron chi connectivity index (χ1n) is 5.27. The molecule has 0 bridgehead atoms. The lowest BCUT2D eigenvalue weighted by Crippen LogP contribution is -1.96. The molecule has 2 rings (SSSR count). The summed E-state index contributed by atoms with van der Waals surface area (Å²) in [4.78, 5) is 0. The molecule has 0 spiro atoms. The van der Waals surface area contributed by atoms with Crippen LogP contribution in [0.3, 0.4) is 0 Å². The van der Waals surface area contributed by atoms with Gasteiger partial charge in [-0.25, -0.2) is 4.39 Å². The fourth-order valence-electron chi connectivity index (χ4n) is 1.48. The fourth-order valence-corrected chi connectivity index (χ4v) is 1.80. The molecule has 0 aliphatic rings. The van der Waals surface area contributed by atoms with Crippen molar-refractivity contribution in [2.24, 2.45) is 0 Å². The zero-order valence-electron chi connectivity index (χ0n) is 9.91. The summed E-state index contributed by atoms with van der Waals surface area (Å²) in [6.07, 6.45) is 0. The topological polar surface area (TPSA) is 44.5 Å². The molecule has 0 amide bonds. The summed E-state index contributed by atoms with van der Waals surface area (Å²) in [6.45, 7) is 0. The molecule has 100 valence electrons. The number of halogens is 3. The third kappa shape index (κ3) is 3.03. The second-order valence-electron chi connectivity index (χ2n) is 3.70. The molecule has 0 aliphatic heterocycles. The van der Waals surface area contributed by atoms with Crippen LogP contribution >= 0.6 is 23.2 Å². The van der Waals surface area contributed by atoms with E-state index >= 15 is 0 Å². The van der Waals surface area contributed by atoms with Crippen molar-refractivity contribution >= 4 is 28.9 Å². The normalized spacial score (nSPS) is 10.3. The molecule has 2 aromatic carbocycles. The summed E-state index contributed by atoms with van der Waals surface area (Å²) in [7, 11) is 1.43. The molecular formula is C13H10Cl2FNO2. The highest BCUT2D eigenvalue weighted by Crippen LogP contribution is 2.36. The van der Waals surface area contributed by atoms with Crippen LogP contribution in [0.2, 0.25) is 10.0 Å². The van der Waals surface area contributed by atoms with Crippen LogP contribution in [0.25, 0.3) is 0 Å². The highest BCUT2D eigenvalue weighted by atomic mass is 35.5. The molecule has 0 saturated carbocycles. The Balaban J connectivity index is 2.40. The van der Waals surface area contributed by atoms with E-state index in [1.54, 1.807) is 12.1 Å². The predicted octanol–water partition coefficient (Wildman–Crippen LogP) is 4.52. The van der Waals surface area contributed by atoms with Crippen LogP contribution in [0.1, 0.15) is 0 Å². The van der Waals surface area contributed by atoms with Crippen molar-refractivity contribution < 1.29 is 13.9 Å². The third-order valence-electron chi connectivity index (χ3n) is 2.40. The van der Waals surface area contributed by atoms with Gasteiger partial charge in [-0.05, 0) is 12.1 Å². The van der Waals surface area contributed by atoms with Gasteiger partial charge < -0.3 is 15.2 Å². The van der Waals surface area contributed by atoms with Gasteiger partial charge in [0.2, 0.25) is 0 Å². The van der Waals surface area contributed by atoms with E-state index in [-0.39, 0.29) is 17.2 Å². The number of rotatable bonds is 3. The van der Waals surface area contributed by atoms with Crippen molar-refractivity contribution in [2.75, 3.05) is 12.8 Å².